The summed E-state index contributed by atoms with van der Waals surface area (Å²) in [5.41, 5.74) is -2.65. The van der Waals surface area contributed by atoms with E-state index >= 15 is 0 Å². The summed E-state index contributed by atoms with van der Waals surface area (Å²) in [6, 6.07) is 7.75. The average Bonchev–Trinajstić information content (AvgIpc) is 2.93. The molecule has 0 saturated carbocycles. The summed E-state index contributed by atoms with van der Waals surface area (Å²) >= 11 is 0. The van der Waals surface area contributed by atoms with E-state index in [-0.39, 0.29) is 32.2 Å². The lowest BCUT2D eigenvalue weighted by Crippen LogP contribution is -2.43. The van der Waals surface area contributed by atoms with Gasteiger partial charge in [-0.2, -0.15) is 26.3 Å². The van der Waals surface area contributed by atoms with Crippen LogP contribution < -0.4 is 5.32 Å². The van der Waals surface area contributed by atoms with E-state index in [1.807, 2.05) is 6.07 Å². The van der Waals surface area contributed by atoms with Crippen LogP contribution in [0.5, 0.6) is 0 Å². The van der Waals surface area contributed by atoms with Crippen molar-refractivity contribution in [2.45, 2.75) is 63.7 Å². The van der Waals surface area contributed by atoms with Crippen LogP contribution in [0.2, 0.25) is 0 Å². The van der Waals surface area contributed by atoms with E-state index in [1.165, 1.54) is 11.1 Å². The molecule has 1 aliphatic rings. The first-order chi connectivity index (χ1) is 19.8. The fourth-order valence-corrected chi connectivity index (χ4v) is 4.47. The number of allylic oxidation sites excluding steroid dienone is 1. The highest BCUT2D eigenvalue weighted by Crippen LogP contribution is 2.40. The zero-order chi connectivity index (χ0) is 30.9. The van der Waals surface area contributed by atoms with E-state index in [0.29, 0.717) is 25.0 Å². The number of benzene rings is 2. The topological polar surface area (TPSA) is 84.9 Å². The lowest BCUT2D eigenvalue weighted by atomic mass is 9.91. The lowest BCUT2D eigenvalue weighted by molar-refractivity contribution is -0.150. The van der Waals surface area contributed by atoms with Crippen LogP contribution in [0.4, 0.5) is 31.1 Å². The average molecular weight is 601 g/mol. The molecule has 0 aliphatic carbocycles. The van der Waals surface area contributed by atoms with Crippen LogP contribution in [-0.4, -0.2) is 41.9 Å². The molecule has 2 aromatic carbocycles. The van der Waals surface area contributed by atoms with E-state index in [0.717, 1.165) is 11.6 Å². The Morgan fingerprint density at radius 1 is 0.976 bits per heavy atom. The minimum atomic E-state index is -5.08. The molecule has 0 aromatic heterocycles. The highest BCUT2D eigenvalue weighted by Gasteiger charge is 2.40. The van der Waals surface area contributed by atoms with Crippen molar-refractivity contribution >= 4 is 17.8 Å². The summed E-state index contributed by atoms with van der Waals surface area (Å²) < 4.78 is 91.4. The Kier molecular flexibility index (Phi) is 11.0. The summed E-state index contributed by atoms with van der Waals surface area (Å²) in [5.74, 6) is -1.28. The van der Waals surface area contributed by atoms with Gasteiger partial charge in [0.2, 0.25) is 0 Å². The van der Waals surface area contributed by atoms with Gasteiger partial charge in [0.05, 0.1) is 23.8 Å². The van der Waals surface area contributed by atoms with Crippen molar-refractivity contribution in [3.63, 3.8) is 0 Å². The second kappa shape index (κ2) is 14.2. The van der Waals surface area contributed by atoms with Crippen molar-refractivity contribution in [2.75, 3.05) is 13.2 Å². The van der Waals surface area contributed by atoms with Gasteiger partial charge in [0, 0.05) is 19.2 Å². The van der Waals surface area contributed by atoms with Gasteiger partial charge in [-0.15, -0.1) is 0 Å². The van der Waals surface area contributed by atoms with E-state index in [9.17, 15) is 40.7 Å². The first-order valence-corrected chi connectivity index (χ1v) is 13.2. The molecule has 2 unspecified atom stereocenters. The molecule has 2 atom stereocenters. The first-order valence-electron chi connectivity index (χ1n) is 13.2. The summed E-state index contributed by atoms with van der Waals surface area (Å²) in [4.78, 5) is 38.4. The van der Waals surface area contributed by atoms with Gasteiger partial charge >= 0.3 is 24.4 Å². The summed E-state index contributed by atoms with van der Waals surface area (Å²) in [5, 5.41) is 2.58. The zero-order valence-corrected chi connectivity index (χ0v) is 22.6. The molecule has 42 heavy (non-hydrogen) atoms. The number of hydrogen-bond acceptors (Lipinski definition) is 6. The van der Waals surface area contributed by atoms with Crippen molar-refractivity contribution in [3.8, 4) is 0 Å². The second-order valence-electron chi connectivity index (χ2n) is 9.54. The number of esters is 1. The molecule has 2 aromatic rings. The van der Waals surface area contributed by atoms with Gasteiger partial charge in [-0.25, -0.2) is 9.59 Å². The summed E-state index contributed by atoms with van der Waals surface area (Å²) in [6.07, 6.45) is -8.15. The minimum Gasteiger partial charge on any atom is -0.464 e. The smallest absolute Gasteiger partial charge is 0.416 e. The van der Waals surface area contributed by atoms with E-state index in [1.54, 1.807) is 31.2 Å². The number of ether oxygens (including phenoxy) is 2. The Balaban J connectivity index is 1.74. The minimum absolute atomic E-state index is 0.00895. The predicted molar refractivity (Wildman–Crippen MR) is 139 cm³/mol. The third-order valence-electron chi connectivity index (χ3n) is 6.49. The van der Waals surface area contributed by atoms with Crippen molar-refractivity contribution in [1.29, 1.82) is 0 Å². The number of carbonyl (C=O) groups is 3. The Labute approximate surface area is 238 Å². The van der Waals surface area contributed by atoms with Crippen molar-refractivity contribution < 1.29 is 50.2 Å². The summed E-state index contributed by atoms with van der Waals surface area (Å²) in [6.45, 7) is 1.79. The third kappa shape index (κ3) is 9.25. The molecule has 1 N–H and O–H groups in total. The number of alkyl halides is 6. The van der Waals surface area contributed by atoms with Crippen LogP contribution in [-0.2, 0) is 38.0 Å². The molecule has 7 nitrogen and oxygen atoms in total. The number of amides is 1. The van der Waals surface area contributed by atoms with Crippen LogP contribution in [0.1, 0.15) is 60.9 Å². The van der Waals surface area contributed by atoms with Gasteiger partial charge in [0.1, 0.15) is 12.6 Å². The van der Waals surface area contributed by atoms with Crippen LogP contribution >= 0.6 is 0 Å². The SMILES string of the molecule is CCOC(=O)C(CCCCNC(=O)OCc1ccccc1)N1C=CC(=O)CC1c1cc(C(F)(F)F)cc(C(F)(F)F)c1. The highest BCUT2D eigenvalue weighted by atomic mass is 19.4. The highest BCUT2D eigenvalue weighted by molar-refractivity contribution is 5.91. The lowest BCUT2D eigenvalue weighted by Gasteiger charge is -2.38. The Bertz CT molecular complexity index is 1230. The molecular formula is C29H30F6N2O5. The number of unbranched alkanes of at least 4 members (excludes halogenated alkanes) is 1. The van der Waals surface area contributed by atoms with Gasteiger partial charge in [-0.3, -0.25) is 4.79 Å². The zero-order valence-electron chi connectivity index (χ0n) is 22.6. The van der Waals surface area contributed by atoms with Crippen LogP contribution in [0, 0.1) is 0 Å². The fourth-order valence-electron chi connectivity index (χ4n) is 4.47. The largest absolute Gasteiger partial charge is 0.464 e. The predicted octanol–water partition coefficient (Wildman–Crippen LogP) is 6.58. The Morgan fingerprint density at radius 3 is 2.21 bits per heavy atom. The fraction of sp³-hybridized carbons (Fsp3) is 0.414. The number of nitrogens with zero attached hydrogens (tertiary/aromatic N) is 1. The number of hydrogen-bond donors (Lipinski definition) is 1. The van der Waals surface area contributed by atoms with Gasteiger partial charge in [0.25, 0.3) is 0 Å². The number of rotatable bonds is 11. The van der Waals surface area contributed by atoms with Gasteiger partial charge in [-0.1, -0.05) is 30.3 Å². The molecule has 0 bridgehead atoms. The second-order valence-corrected chi connectivity index (χ2v) is 9.54. The Hall–Kier alpha value is -4.03. The molecule has 0 spiro atoms. The summed E-state index contributed by atoms with van der Waals surface area (Å²) in [7, 11) is 0. The Morgan fingerprint density at radius 2 is 1.62 bits per heavy atom. The van der Waals surface area contributed by atoms with Gasteiger partial charge in [-0.05, 0) is 61.6 Å². The maximum absolute atomic E-state index is 13.5. The van der Waals surface area contributed by atoms with E-state index in [4.69, 9.17) is 9.47 Å². The molecule has 0 radical (unpaired) electrons. The number of alkyl carbamates (subject to hydrolysis) is 1. The van der Waals surface area contributed by atoms with Crippen LogP contribution in [0.3, 0.4) is 0 Å². The number of carbonyl (C=O) groups excluding carboxylic acids is 3. The molecule has 3 rings (SSSR count). The van der Waals surface area contributed by atoms with Gasteiger partial charge < -0.3 is 19.7 Å². The molecule has 228 valence electrons. The maximum atomic E-state index is 13.5. The number of ketones is 1. The third-order valence-corrected chi connectivity index (χ3v) is 6.49. The first kappa shape index (κ1) is 32.5. The van der Waals surface area contributed by atoms with Crippen molar-refractivity contribution in [3.05, 3.63) is 83.1 Å². The molecule has 13 heteroatoms. The molecule has 1 aliphatic heterocycles. The number of halogens is 6. The van der Waals surface area contributed by atoms with E-state index < -0.39 is 65.4 Å². The van der Waals surface area contributed by atoms with Crippen LogP contribution in [0.25, 0.3) is 0 Å². The van der Waals surface area contributed by atoms with Gasteiger partial charge in [0.15, 0.2) is 5.78 Å². The molecule has 1 heterocycles. The van der Waals surface area contributed by atoms with Crippen molar-refractivity contribution in [1.82, 2.24) is 10.2 Å². The quantitative estimate of drug-likeness (QED) is 0.178. The molecule has 0 saturated heterocycles. The molecule has 1 amide bonds. The van der Waals surface area contributed by atoms with Crippen LogP contribution in [0.15, 0.2) is 60.8 Å². The maximum Gasteiger partial charge on any atom is 0.416 e. The normalized spacial score (nSPS) is 16.2. The van der Waals surface area contributed by atoms with E-state index in [2.05, 4.69) is 5.32 Å². The molecular weight excluding hydrogens is 570 g/mol. The van der Waals surface area contributed by atoms with Crippen molar-refractivity contribution in [2.24, 2.45) is 0 Å². The number of nitrogens with one attached hydrogen (secondary N) is 1. The molecule has 0 fully saturated rings. The monoisotopic (exact) mass is 600 g/mol. The standard InChI is InChI=1S/C29H30F6N2O5/c1-2-41-26(39)24(10-6-7-12-36-27(40)42-18-19-8-4-3-5-9-19)37-13-11-23(38)17-25(37)20-14-21(28(30,31)32)16-22(15-20)29(33,34)35/h3-5,8-9,11,13-16,24-25H,2,6-7,10,12,17-18H2,1H3,(H,36,40).